The molecule has 30 heavy (non-hydrogen) atoms. The monoisotopic (exact) mass is 416 g/mol. The smallest absolute Gasteiger partial charge is 0.314 e. The molecule has 0 bridgehead atoms. The van der Waals surface area contributed by atoms with E-state index in [9.17, 15) is 25.2 Å². The first-order valence-electron chi connectivity index (χ1n) is 10.3. The summed E-state index contributed by atoms with van der Waals surface area (Å²) in [5, 5.41) is 40.2. The van der Waals surface area contributed by atoms with Gasteiger partial charge in [0.2, 0.25) is 0 Å². The quantitative estimate of drug-likeness (QED) is 0.307. The van der Waals surface area contributed by atoms with Crippen molar-refractivity contribution in [2.75, 3.05) is 0 Å². The molecule has 7 nitrogen and oxygen atoms in total. The Morgan fingerprint density at radius 2 is 1.77 bits per heavy atom. The highest BCUT2D eigenvalue weighted by Gasteiger charge is 2.33. The van der Waals surface area contributed by atoms with Gasteiger partial charge in [-0.2, -0.15) is 0 Å². The van der Waals surface area contributed by atoms with E-state index in [1.807, 2.05) is 13.8 Å². The number of hydrogen-bond donors (Lipinski definition) is 4. The molecule has 162 valence electrons. The van der Waals surface area contributed by atoms with E-state index < -0.39 is 12.2 Å². The normalized spacial score (nSPS) is 18.0. The van der Waals surface area contributed by atoms with Gasteiger partial charge in [-0.25, -0.2) is 0 Å². The molecule has 0 spiro atoms. The molecule has 1 aliphatic heterocycles. The van der Waals surface area contributed by atoms with Crippen LogP contribution in [0.15, 0.2) is 30.3 Å². The van der Waals surface area contributed by atoms with Crippen LogP contribution in [-0.4, -0.2) is 32.5 Å². The number of ether oxygens (including phenoxy) is 2. The largest absolute Gasteiger partial charge is 0.507 e. The van der Waals surface area contributed by atoms with Crippen LogP contribution in [0.2, 0.25) is 0 Å². The average Bonchev–Trinajstić information content (AvgIpc) is 2.70. The Balaban J connectivity index is 1.85. The highest BCUT2D eigenvalue weighted by molar-refractivity contribution is 5.75. The lowest BCUT2D eigenvalue weighted by Gasteiger charge is -2.31. The van der Waals surface area contributed by atoms with Crippen LogP contribution in [0, 0.1) is 5.92 Å². The van der Waals surface area contributed by atoms with Gasteiger partial charge in [0.25, 0.3) is 0 Å². The van der Waals surface area contributed by atoms with Crippen LogP contribution in [-0.2, 0) is 11.2 Å². The van der Waals surface area contributed by atoms with Gasteiger partial charge in [-0.15, -0.1) is 0 Å². The molecule has 0 saturated heterocycles. The molecule has 0 amide bonds. The Hall–Kier alpha value is -2.93. The Labute approximate surface area is 175 Å². The predicted octanol–water partition coefficient (Wildman–Crippen LogP) is 3.96. The Bertz CT molecular complexity index is 903. The fraction of sp³-hybridized carbons (Fsp3) is 0.435. The molecule has 2 aromatic rings. The maximum atomic E-state index is 12.5. The molecule has 4 N–H and O–H groups in total. The van der Waals surface area contributed by atoms with Crippen LogP contribution in [0.4, 0.5) is 0 Å². The van der Waals surface area contributed by atoms with E-state index in [1.54, 1.807) is 0 Å². The first-order valence-corrected chi connectivity index (χ1v) is 10.3. The molecular weight excluding hydrogens is 388 g/mol. The lowest BCUT2D eigenvalue weighted by atomic mass is 9.94. The van der Waals surface area contributed by atoms with Gasteiger partial charge >= 0.3 is 5.97 Å². The van der Waals surface area contributed by atoms with Crippen molar-refractivity contribution in [1.29, 1.82) is 0 Å². The third-order valence-electron chi connectivity index (χ3n) is 5.33. The topological polar surface area (TPSA) is 116 Å². The van der Waals surface area contributed by atoms with E-state index in [1.165, 1.54) is 30.3 Å². The number of phenolic OH excluding ortho intramolecular Hbond substituents is 3. The molecular formula is C23H28O7. The predicted molar refractivity (Wildman–Crippen MR) is 110 cm³/mol. The molecule has 0 aromatic heterocycles. The van der Waals surface area contributed by atoms with Crippen molar-refractivity contribution in [3.63, 3.8) is 0 Å². The van der Waals surface area contributed by atoms with E-state index in [4.69, 9.17) is 9.47 Å². The third kappa shape index (κ3) is 4.62. The van der Waals surface area contributed by atoms with E-state index in [0.29, 0.717) is 16.9 Å². The van der Waals surface area contributed by atoms with Crippen molar-refractivity contribution in [1.82, 2.24) is 0 Å². The van der Waals surface area contributed by atoms with Gasteiger partial charge in [-0.05, 0) is 30.5 Å². The lowest BCUT2D eigenvalue weighted by Crippen LogP contribution is -2.30. The number of aliphatic hydroxyl groups is 1. The van der Waals surface area contributed by atoms with Crippen LogP contribution < -0.4 is 9.47 Å². The highest BCUT2D eigenvalue weighted by Crippen LogP contribution is 2.43. The molecule has 2 atom stereocenters. The van der Waals surface area contributed by atoms with E-state index >= 15 is 0 Å². The van der Waals surface area contributed by atoms with E-state index in [-0.39, 0.29) is 41.3 Å². The second-order valence-corrected chi connectivity index (χ2v) is 7.67. The van der Waals surface area contributed by atoms with Crippen molar-refractivity contribution in [2.24, 2.45) is 5.92 Å². The van der Waals surface area contributed by atoms with E-state index in [2.05, 4.69) is 0 Å². The second kappa shape index (κ2) is 9.26. The van der Waals surface area contributed by atoms with Gasteiger partial charge in [0.1, 0.15) is 23.4 Å². The van der Waals surface area contributed by atoms with Crippen molar-refractivity contribution in [3.8, 4) is 28.7 Å². The standard InChI is InChI=1S/C23H28O7/c1-3-5-13(6-4-2)23(28)29-15-10-18(25)16-12-20(27)22(30-21(16)11-15)14-7-8-17(24)19(26)9-14/h7-11,13,20,22,24-27H,3-6,12H2,1-2H3. The van der Waals surface area contributed by atoms with Gasteiger partial charge < -0.3 is 29.9 Å². The molecule has 0 aliphatic carbocycles. The van der Waals surface area contributed by atoms with Crippen molar-refractivity contribution >= 4 is 5.97 Å². The zero-order valence-corrected chi connectivity index (χ0v) is 17.2. The SMILES string of the molecule is CCCC(CCC)C(=O)Oc1cc(O)c2c(c1)OC(c1ccc(O)c(O)c1)C(O)C2. The van der Waals surface area contributed by atoms with Gasteiger partial charge in [0, 0.05) is 24.1 Å². The first kappa shape index (κ1) is 21.8. The maximum absolute atomic E-state index is 12.5. The zero-order chi connectivity index (χ0) is 21.8. The summed E-state index contributed by atoms with van der Waals surface area (Å²) >= 11 is 0. The summed E-state index contributed by atoms with van der Waals surface area (Å²) in [7, 11) is 0. The Morgan fingerprint density at radius 3 is 2.40 bits per heavy atom. The molecule has 0 radical (unpaired) electrons. The van der Waals surface area contributed by atoms with Crippen LogP contribution in [0.3, 0.4) is 0 Å². The Kier molecular flexibility index (Phi) is 6.72. The van der Waals surface area contributed by atoms with Crippen LogP contribution in [0.5, 0.6) is 28.7 Å². The number of esters is 1. The summed E-state index contributed by atoms with van der Waals surface area (Å²) in [6.07, 6.45) is 1.55. The number of aliphatic hydroxyl groups excluding tert-OH is 1. The van der Waals surface area contributed by atoms with Crippen molar-refractivity contribution in [3.05, 3.63) is 41.5 Å². The number of fused-ring (bicyclic) bond motifs is 1. The molecule has 2 unspecified atom stereocenters. The summed E-state index contributed by atoms with van der Waals surface area (Å²) in [6, 6.07) is 7.05. The number of rotatable bonds is 7. The number of phenols is 3. The van der Waals surface area contributed by atoms with Gasteiger partial charge in [-0.3, -0.25) is 4.79 Å². The number of carbonyl (C=O) groups excluding carboxylic acids is 1. The Morgan fingerprint density at radius 1 is 1.07 bits per heavy atom. The van der Waals surface area contributed by atoms with E-state index in [0.717, 1.165) is 25.7 Å². The van der Waals surface area contributed by atoms with Gasteiger partial charge in [0.15, 0.2) is 11.5 Å². The fourth-order valence-corrected chi connectivity index (χ4v) is 3.79. The zero-order valence-electron chi connectivity index (χ0n) is 17.2. The minimum Gasteiger partial charge on any atom is -0.507 e. The summed E-state index contributed by atoms with van der Waals surface area (Å²) in [5.41, 5.74) is 0.886. The van der Waals surface area contributed by atoms with Crippen LogP contribution in [0.1, 0.15) is 56.8 Å². The molecule has 0 saturated carbocycles. The minimum atomic E-state index is -0.973. The fourth-order valence-electron chi connectivity index (χ4n) is 3.79. The minimum absolute atomic E-state index is 0.121. The summed E-state index contributed by atoms with van der Waals surface area (Å²) in [6.45, 7) is 4.03. The summed E-state index contributed by atoms with van der Waals surface area (Å²) < 4.78 is 11.4. The second-order valence-electron chi connectivity index (χ2n) is 7.67. The van der Waals surface area contributed by atoms with Crippen molar-refractivity contribution in [2.45, 2.75) is 58.2 Å². The number of aromatic hydroxyl groups is 3. The molecule has 2 aromatic carbocycles. The maximum Gasteiger partial charge on any atom is 0.314 e. The summed E-state index contributed by atoms with van der Waals surface area (Å²) in [4.78, 5) is 12.5. The first-order chi connectivity index (χ1) is 14.3. The summed E-state index contributed by atoms with van der Waals surface area (Å²) in [5.74, 6) is -0.783. The van der Waals surface area contributed by atoms with Crippen LogP contribution >= 0.6 is 0 Å². The lowest BCUT2D eigenvalue weighted by molar-refractivity contribution is -0.139. The molecule has 7 heteroatoms. The molecule has 3 rings (SSSR count). The van der Waals surface area contributed by atoms with Gasteiger partial charge in [0.05, 0.1) is 12.0 Å². The number of benzene rings is 2. The highest BCUT2D eigenvalue weighted by atomic mass is 16.5. The average molecular weight is 416 g/mol. The number of carbonyl (C=O) groups is 1. The third-order valence-corrected chi connectivity index (χ3v) is 5.33. The van der Waals surface area contributed by atoms with Crippen LogP contribution in [0.25, 0.3) is 0 Å². The molecule has 1 aliphatic rings. The van der Waals surface area contributed by atoms with Gasteiger partial charge in [-0.1, -0.05) is 32.8 Å². The molecule has 0 fully saturated rings. The van der Waals surface area contributed by atoms with Crippen molar-refractivity contribution < 1.29 is 34.7 Å². The number of hydrogen-bond acceptors (Lipinski definition) is 7. The molecule has 1 heterocycles.